The average Bonchev–Trinajstić information content (AvgIpc) is 2.27. The van der Waals surface area contributed by atoms with E-state index in [2.05, 4.69) is 15.3 Å². The average molecular weight is 256 g/mol. The maximum absolute atomic E-state index is 11.6. The number of rotatable bonds is 3. The molecular formula is C11H14ClN3O2. The van der Waals surface area contributed by atoms with Crippen molar-refractivity contribution in [1.82, 2.24) is 9.97 Å². The molecule has 0 saturated heterocycles. The molecular weight excluding hydrogens is 242 g/mol. The summed E-state index contributed by atoms with van der Waals surface area (Å²) in [4.78, 5) is 30.6. The Morgan fingerprint density at radius 1 is 1.29 bits per heavy atom. The van der Waals surface area contributed by atoms with Crippen LogP contribution < -0.4 is 5.32 Å². The molecule has 0 bridgehead atoms. The Balaban J connectivity index is 2.76. The van der Waals surface area contributed by atoms with E-state index < -0.39 is 5.41 Å². The quantitative estimate of drug-likeness (QED) is 0.661. The van der Waals surface area contributed by atoms with Crippen molar-refractivity contribution >= 4 is 29.1 Å². The molecule has 1 heterocycles. The van der Waals surface area contributed by atoms with Gasteiger partial charge in [0, 0.05) is 5.41 Å². The van der Waals surface area contributed by atoms with Gasteiger partial charge in [0.15, 0.2) is 11.6 Å². The van der Waals surface area contributed by atoms with Crippen LogP contribution in [0.1, 0.15) is 31.3 Å². The van der Waals surface area contributed by atoms with E-state index in [9.17, 15) is 9.59 Å². The number of Topliss-reactive ketones (excluding diaryl/α,β-unsaturated/α-hetero) is 1. The molecule has 1 N–H and O–H groups in total. The third kappa shape index (κ3) is 3.78. The van der Waals surface area contributed by atoms with Crippen molar-refractivity contribution in [2.75, 3.05) is 11.2 Å². The Morgan fingerprint density at radius 2 is 1.94 bits per heavy atom. The normalized spacial score (nSPS) is 11.1. The molecule has 6 heteroatoms. The lowest BCUT2D eigenvalue weighted by atomic mass is 9.96. The SMILES string of the molecule is CC(C)(C)C(=O)Nc1cnc(C(=O)CCl)cn1. The van der Waals surface area contributed by atoms with Gasteiger partial charge in [-0.2, -0.15) is 0 Å². The highest BCUT2D eigenvalue weighted by atomic mass is 35.5. The van der Waals surface area contributed by atoms with Gasteiger partial charge in [-0.05, 0) is 0 Å². The van der Waals surface area contributed by atoms with Crippen LogP contribution in [-0.4, -0.2) is 27.5 Å². The Bertz CT molecular complexity index is 423. The summed E-state index contributed by atoms with van der Waals surface area (Å²) in [6.45, 7) is 5.38. The Labute approximate surface area is 105 Å². The van der Waals surface area contributed by atoms with E-state index in [1.54, 1.807) is 20.8 Å². The first-order chi connectivity index (χ1) is 7.84. The highest BCUT2D eigenvalue weighted by molar-refractivity contribution is 6.30. The number of nitrogens with zero attached hydrogens (tertiary/aromatic N) is 2. The highest BCUT2D eigenvalue weighted by Gasteiger charge is 2.21. The number of alkyl halides is 1. The smallest absolute Gasteiger partial charge is 0.230 e. The molecule has 0 aliphatic carbocycles. The maximum atomic E-state index is 11.6. The maximum Gasteiger partial charge on any atom is 0.230 e. The van der Waals surface area contributed by atoms with Crippen LogP contribution in [0.4, 0.5) is 5.82 Å². The fourth-order valence-electron chi connectivity index (χ4n) is 0.909. The summed E-state index contributed by atoms with van der Waals surface area (Å²) in [5, 5.41) is 2.61. The number of aromatic nitrogens is 2. The second-order valence-corrected chi connectivity index (χ2v) is 4.82. The molecule has 0 atom stereocenters. The van der Waals surface area contributed by atoms with Gasteiger partial charge in [0.1, 0.15) is 5.69 Å². The lowest BCUT2D eigenvalue weighted by molar-refractivity contribution is -0.123. The minimum Gasteiger partial charge on any atom is -0.309 e. The minimum absolute atomic E-state index is 0.137. The summed E-state index contributed by atoms with van der Waals surface area (Å²) < 4.78 is 0. The first kappa shape index (κ1) is 13.6. The van der Waals surface area contributed by atoms with Crippen molar-refractivity contribution in [2.24, 2.45) is 5.41 Å². The van der Waals surface area contributed by atoms with E-state index in [1.165, 1.54) is 12.4 Å². The van der Waals surface area contributed by atoms with Gasteiger partial charge in [0.25, 0.3) is 0 Å². The number of amides is 1. The summed E-state index contributed by atoms with van der Waals surface area (Å²) in [6, 6.07) is 0. The summed E-state index contributed by atoms with van der Waals surface area (Å²) >= 11 is 5.38. The fraction of sp³-hybridized carbons (Fsp3) is 0.455. The van der Waals surface area contributed by atoms with E-state index in [-0.39, 0.29) is 23.3 Å². The van der Waals surface area contributed by atoms with Crippen molar-refractivity contribution in [3.63, 3.8) is 0 Å². The van der Waals surface area contributed by atoms with E-state index >= 15 is 0 Å². The number of anilines is 1. The zero-order valence-electron chi connectivity index (χ0n) is 9.95. The van der Waals surface area contributed by atoms with Crippen LogP contribution in [0, 0.1) is 5.41 Å². The molecule has 0 radical (unpaired) electrons. The first-order valence-corrected chi connectivity index (χ1v) is 5.60. The van der Waals surface area contributed by atoms with Gasteiger partial charge in [-0.15, -0.1) is 11.6 Å². The largest absolute Gasteiger partial charge is 0.309 e. The van der Waals surface area contributed by atoms with Crippen LogP contribution >= 0.6 is 11.6 Å². The van der Waals surface area contributed by atoms with E-state index in [4.69, 9.17) is 11.6 Å². The molecule has 5 nitrogen and oxygen atoms in total. The van der Waals surface area contributed by atoms with E-state index in [0.29, 0.717) is 5.82 Å². The minimum atomic E-state index is -0.508. The predicted molar refractivity (Wildman–Crippen MR) is 65.2 cm³/mol. The standard InChI is InChI=1S/C11H14ClN3O2/c1-11(2,3)10(17)15-9-6-13-7(5-14-9)8(16)4-12/h5-6H,4H2,1-3H3,(H,14,15,17). The number of ketones is 1. The number of carbonyl (C=O) groups excluding carboxylic acids is 2. The molecule has 0 aliphatic heterocycles. The molecule has 1 aromatic heterocycles. The molecule has 1 amide bonds. The fourth-order valence-corrected chi connectivity index (χ4v) is 1.05. The summed E-state index contributed by atoms with van der Waals surface area (Å²) in [7, 11) is 0. The number of hydrogen-bond donors (Lipinski definition) is 1. The zero-order chi connectivity index (χ0) is 13.1. The van der Waals surface area contributed by atoms with Crippen molar-refractivity contribution in [1.29, 1.82) is 0 Å². The van der Waals surface area contributed by atoms with E-state index in [1.807, 2.05) is 0 Å². The molecule has 0 spiro atoms. The molecule has 0 unspecified atom stereocenters. The van der Waals surface area contributed by atoms with Crippen LogP contribution in [0.15, 0.2) is 12.4 Å². The molecule has 0 fully saturated rings. The monoisotopic (exact) mass is 255 g/mol. The summed E-state index contributed by atoms with van der Waals surface area (Å²) in [5.41, 5.74) is -0.319. The molecule has 17 heavy (non-hydrogen) atoms. The summed E-state index contributed by atoms with van der Waals surface area (Å²) in [6.07, 6.45) is 2.63. The Hall–Kier alpha value is -1.49. The number of carbonyl (C=O) groups is 2. The van der Waals surface area contributed by atoms with Gasteiger partial charge < -0.3 is 5.32 Å². The van der Waals surface area contributed by atoms with Crippen molar-refractivity contribution in [3.8, 4) is 0 Å². The van der Waals surface area contributed by atoms with Gasteiger partial charge >= 0.3 is 0 Å². The molecule has 0 aliphatic rings. The lowest BCUT2D eigenvalue weighted by Gasteiger charge is -2.16. The van der Waals surface area contributed by atoms with Crippen LogP contribution in [0.5, 0.6) is 0 Å². The molecule has 0 aromatic carbocycles. The van der Waals surface area contributed by atoms with Gasteiger partial charge in [-0.1, -0.05) is 20.8 Å². The number of nitrogens with one attached hydrogen (secondary N) is 1. The Kier molecular flexibility index (Phi) is 4.17. The van der Waals surface area contributed by atoms with Crippen molar-refractivity contribution in [3.05, 3.63) is 18.1 Å². The van der Waals surface area contributed by atoms with Crippen LogP contribution in [0.25, 0.3) is 0 Å². The summed E-state index contributed by atoms with van der Waals surface area (Å²) in [5.74, 6) is -0.283. The van der Waals surface area contributed by atoms with Gasteiger partial charge in [0.05, 0.1) is 18.3 Å². The Morgan fingerprint density at radius 3 is 2.35 bits per heavy atom. The highest BCUT2D eigenvalue weighted by Crippen LogP contribution is 2.15. The van der Waals surface area contributed by atoms with Crippen LogP contribution in [0.3, 0.4) is 0 Å². The van der Waals surface area contributed by atoms with Crippen LogP contribution in [0.2, 0.25) is 0 Å². The zero-order valence-corrected chi connectivity index (χ0v) is 10.7. The molecule has 1 rings (SSSR count). The van der Waals surface area contributed by atoms with Crippen molar-refractivity contribution in [2.45, 2.75) is 20.8 Å². The topological polar surface area (TPSA) is 72.0 Å². The predicted octanol–water partition coefficient (Wildman–Crippen LogP) is 1.88. The van der Waals surface area contributed by atoms with E-state index in [0.717, 1.165) is 0 Å². The van der Waals surface area contributed by atoms with Crippen molar-refractivity contribution < 1.29 is 9.59 Å². The number of hydrogen-bond acceptors (Lipinski definition) is 4. The molecule has 1 aromatic rings. The van der Waals surface area contributed by atoms with Gasteiger partial charge in [-0.25, -0.2) is 9.97 Å². The number of halogens is 1. The van der Waals surface area contributed by atoms with Gasteiger partial charge in [0.2, 0.25) is 5.91 Å². The molecule has 0 saturated carbocycles. The third-order valence-corrected chi connectivity index (χ3v) is 2.22. The molecule has 92 valence electrons. The second kappa shape index (κ2) is 5.23. The third-order valence-electron chi connectivity index (χ3n) is 1.98. The second-order valence-electron chi connectivity index (χ2n) is 4.55. The van der Waals surface area contributed by atoms with Crippen LogP contribution in [-0.2, 0) is 4.79 Å². The first-order valence-electron chi connectivity index (χ1n) is 5.07. The lowest BCUT2D eigenvalue weighted by Crippen LogP contribution is -2.28. The van der Waals surface area contributed by atoms with Gasteiger partial charge in [-0.3, -0.25) is 9.59 Å².